The number of ether oxygens (including phenoxy) is 2. The van der Waals surface area contributed by atoms with Crippen molar-refractivity contribution >= 4 is 39.1 Å². The summed E-state index contributed by atoms with van der Waals surface area (Å²) in [4.78, 5) is 29.9. The molecule has 0 spiro atoms. The number of unbranched alkanes of at least 4 members (excludes halogenated alkanes) is 1. The van der Waals surface area contributed by atoms with Gasteiger partial charge in [-0.25, -0.2) is 8.42 Å². The molecule has 0 aliphatic carbocycles. The summed E-state index contributed by atoms with van der Waals surface area (Å²) in [6.45, 7) is 3.94. The maximum absolute atomic E-state index is 14.6. The van der Waals surface area contributed by atoms with Gasteiger partial charge < -0.3 is 19.7 Å². The Bertz CT molecular complexity index is 1780. The van der Waals surface area contributed by atoms with Crippen molar-refractivity contribution in [3.63, 3.8) is 0 Å². The van der Waals surface area contributed by atoms with Crippen molar-refractivity contribution < 1.29 is 27.5 Å². The molecule has 1 atom stereocenters. The molecule has 4 rings (SSSR count). The molecule has 254 valence electrons. The number of rotatable bonds is 16. The Morgan fingerprint density at radius 3 is 2.19 bits per heavy atom. The standard InChI is InChI=1S/C37H42ClN3O6S/c1-5-6-21-39-37(43)33(23-28-12-8-7-9-13-28)40(25-29-14-10-11-27(2)22-29)36(42)26-41(31-17-15-30(38)16-18-31)48(44,45)32-19-20-34(46-3)35(24-32)47-4/h7-20,22,24,33H,5-6,21,23,25-26H2,1-4H3,(H,39,43)/t33-/m1/s1. The average molecular weight is 692 g/mol. The number of carbonyl (C=O) groups excluding carboxylic acids is 2. The number of carbonyl (C=O) groups is 2. The molecule has 0 unspecified atom stereocenters. The van der Waals surface area contributed by atoms with Crippen LogP contribution in [0.1, 0.15) is 36.5 Å². The third-order valence-electron chi connectivity index (χ3n) is 7.87. The van der Waals surface area contributed by atoms with Crippen LogP contribution in [-0.4, -0.2) is 58.5 Å². The van der Waals surface area contributed by atoms with Crippen LogP contribution < -0.4 is 19.1 Å². The number of methoxy groups -OCH3 is 2. The predicted molar refractivity (Wildman–Crippen MR) is 189 cm³/mol. The number of aryl methyl sites for hydroxylation is 1. The summed E-state index contributed by atoms with van der Waals surface area (Å²) in [5.41, 5.74) is 2.89. The Kier molecular flexibility index (Phi) is 12.9. The van der Waals surface area contributed by atoms with Gasteiger partial charge in [0.2, 0.25) is 11.8 Å². The highest BCUT2D eigenvalue weighted by Gasteiger charge is 2.35. The zero-order valence-corrected chi connectivity index (χ0v) is 29.3. The second kappa shape index (κ2) is 17.0. The summed E-state index contributed by atoms with van der Waals surface area (Å²) in [6, 6.07) is 26.7. The van der Waals surface area contributed by atoms with Gasteiger partial charge in [-0.2, -0.15) is 0 Å². The minimum absolute atomic E-state index is 0.0874. The lowest BCUT2D eigenvalue weighted by Crippen LogP contribution is -2.53. The minimum atomic E-state index is -4.35. The molecule has 0 aliphatic heterocycles. The molecule has 0 bridgehead atoms. The van der Waals surface area contributed by atoms with E-state index in [4.69, 9.17) is 21.1 Å². The highest BCUT2D eigenvalue weighted by Crippen LogP contribution is 2.33. The van der Waals surface area contributed by atoms with Gasteiger partial charge in [-0.05, 0) is 60.9 Å². The topological polar surface area (TPSA) is 105 Å². The summed E-state index contributed by atoms with van der Waals surface area (Å²) in [6.07, 6.45) is 1.91. The Morgan fingerprint density at radius 1 is 0.854 bits per heavy atom. The molecule has 0 aromatic heterocycles. The van der Waals surface area contributed by atoms with E-state index < -0.39 is 28.5 Å². The van der Waals surface area contributed by atoms with E-state index in [0.717, 1.165) is 33.8 Å². The third kappa shape index (κ3) is 9.29. The van der Waals surface area contributed by atoms with Crippen LogP contribution in [0, 0.1) is 6.92 Å². The number of anilines is 1. The first kappa shape index (κ1) is 36.3. The van der Waals surface area contributed by atoms with Gasteiger partial charge in [-0.15, -0.1) is 0 Å². The van der Waals surface area contributed by atoms with E-state index in [1.807, 2.05) is 68.4 Å². The van der Waals surface area contributed by atoms with Crippen LogP contribution in [-0.2, 0) is 32.6 Å². The van der Waals surface area contributed by atoms with Gasteiger partial charge in [0.25, 0.3) is 10.0 Å². The van der Waals surface area contributed by atoms with Gasteiger partial charge in [0, 0.05) is 30.6 Å². The van der Waals surface area contributed by atoms with Crippen LogP contribution in [0.5, 0.6) is 11.5 Å². The molecule has 0 heterocycles. The highest BCUT2D eigenvalue weighted by atomic mass is 35.5. The first-order valence-electron chi connectivity index (χ1n) is 15.7. The monoisotopic (exact) mass is 691 g/mol. The van der Waals surface area contributed by atoms with Crippen LogP contribution in [0.2, 0.25) is 5.02 Å². The zero-order chi connectivity index (χ0) is 34.7. The van der Waals surface area contributed by atoms with E-state index in [2.05, 4.69) is 5.32 Å². The lowest BCUT2D eigenvalue weighted by molar-refractivity contribution is -0.140. The summed E-state index contributed by atoms with van der Waals surface area (Å²) in [5.74, 6) is -0.294. The maximum atomic E-state index is 14.6. The van der Waals surface area contributed by atoms with E-state index in [1.165, 1.54) is 49.5 Å². The van der Waals surface area contributed by atoms with Crippen molar-refractivity contribution in [1.29, 1.82) is 0 Å². The number of nitrogens with zero attached hydrogens (tertiary/aromatic N) is 2. The molecule has 0 radical (unpaired) electrons. The second-order valence-corrected chi connectivity index (χ2v) is 13.7. The second-order valence-electron chi connectivity index (χ2n) is 11.4. The van der Waals surface area contributed by atoms with Crippen LogP contribution in [0.15, 0.2) is 102 Å². The molecule has 11 heteroatoms. The van der Waals surface area contributed by atoms with Crippen molar-refractivity contribution in [2.75, 3.05) is 31.6 Å². The summed E-state index contributed by atoms with van der Waals surface area (Å²) < 4.78 is 40.4. The number of hydrogen-bond donors (Lipinski definition) is 1. The van der Waals surface area contributed by atoms with Gasteiger partial charge in [-0.1, -0.05) is 85.1 Å². The first-order chi connectivity index (χ1) is 23.1. The quantitative estimate of drug-likeness (QED) is 0.136. The molecule has 9 nitrogen and oxygen atoms in total. The zero-order valence-electron chi connectivity index (χ0n) is 27.7. The van der Waals surface area contributed by atoms with Gasteiger partial charge in [0.1, 0.15) is 12.6 Å². The highest BCUT2D eigenvalue weighted by molar-refractivity contribution is 7.92. The Hall–Kier alpha value is -4.54. The van der Waals surface area contributed by atoms with Crippen LogP contribution >= 0.6 is 11.6 Å². The number of benzene rings is 4. The first-order valence-corrected chi connectivity index (χ1v) is 17.6. The predicted octanol–water partition coefficient (Wildman–Crippen LogP) is 6.42. The van der Waals surface area contributed by atoms with Crippen molar-refractivity contribution in [1.82, 2.24) is 10.2 Å². The Balaban J connectivity index is 1.81. The van der Waals surface area contributed by atoms with E-state index in [9.17, 15) is 18.0 Å². The molecule has 48 heavy (non-hydrogen) atoms. The fourth-order valence-corrected chi connectivity index (χ4v) is 6.86. The molecule has 4 aromatic rings. The van der Waals surface area contributed by atoms with Crippen molar-refractivity contribution in [2.24, 2.45) is 0 Å². The molecular weight excluding hydrogens is 650 g/mol. The average Bonchev–Trinajstić information content (AvgIpc) is 3.09. The molecule has 0 saturated carbocycles. The molecule has 2 amide bonds. The normalized spacial score (nSPS) is 11.8. The SMILES string of the molecule is CCCCNC(=O)[C@@H](Cc1ccccc1)N(Cc1cccc(C)c1)C(=O)CN(c1ccc(Cl)cc1)S(=O)(=O)c1ccc(OC)c(OC)c1. The summed E-state index contributed by atoms with van der Waals surface area (Å²) in [5, 5.41) is 3.41. The summed E-state index contributed by atoms with van der Waals surface area (Å²) in [7, 11) is -1.48. The van der Waals surface area contributed by atoms with Gasteiger partial charge in [-0.3, -0.25) is 13.9 Å². The van der Waals surface area contributed by atoms with Crippen LogP contribution in [0.4, 0.5) is 5.69 Å². The molecule has 4 aromatic carbocycles. The van der Waals surface area contributed by atoms with E-state index >= 15 is 0 Å². The molecule has 0 aliphatic rings. The number of sulfonamides is 1. The smallest absolute Gasteiger partial charge is 0.264 e. The van der Waals surface area contributed by atoms with E-state index in [0.29, 0.717) is 17.3 Å². The van der Waals surface area contributed by atoms with Crippen LogP contribution in [0.25, 0.3) is 0 Å². The largest absolute Gasteiger partial charge is 0.493 e. The van der Waals surface area contributed by atoms with Crippen molar-refractivity contribution in [3.8, 4) is 11.5 Å². The summed E-state index contributed by atoms with van der Waals surface area (Å²) >= 11 is 6.17. The maximum Gasteiger partial charge on any atom is 0.264 e. The van der Waals surface area contributed by atoms with Gasteiger partial charge >= 0.3 is 0 Å². The number of amides is 2. The lowest BCUT2D eigenvalue weighted by atomic mass is 10.0. The number of nitrogens with one attached hydrogen (secondary N) is 1. The van der Waals surface area contributed by atoms with E-state index in [-0.39, 0.29) is 35.2 Å². The lowest BCUT2D eigenvalue weighted by Gasteiger charge is -2.34. The van der Waals surface area contributed by atoms with Crippen LogP contribution in [0.3, 0.4) is 0 Å². The van der Waals surface area contributed by atoms with Gasteiger partial charge in [0.05, 0.1) is 24.8 Å². The van der Waals surface area contributed by atoms with Crippen molar-refractivity contribution in [3.05, 3.63) is 119 Å². The minimum Gasteiger partial charge on any atom is -0.493 e. The molecular formula is C37H42ClN3O6S. The number of hydrogen-bond acceptors (Lipinski definition) is 6. The van der Waals surface area contributed by atoms with Gasteiger partial charge in [0.15, 0.2) is 11.5 Å². The van der Waals surface area contributed by atoms with Crippen molar-refractivity contribution in [2.45, 2.75) is 50.6 Å². The fourth-order valence-electron chi connectivity index (χ4n) is 5.31. The molecule has 0 fully saturated rings. The Morgan fingerprint density at radius 2 is 1.54 bits per heavy atom. The third-order valence-corrected chi connectivity index (χ3v) is 9.89. The Labute approximate surface area is 288 Å². The fraction of sp³-hybridized carbons (Fsp3) is 0.297. The molecule has 1 N–H and O–H groups in total. The molecule has 0 saturated heterocycles. The number of halogens is 1. The van der Waals surface area contributed by atoms with E-state index in [1.54, 1.807) is 12.1 Å².